The van der Waals surface area contributed by atoms with Crippen molar-refractivity contribution in [3.05, 3.63) is 101 Å². The Morgan fingerprint density at radius 1 is 0.870 bits per heavy atom. The molecule has 54 heavy (non-hydrogen) atoms. The maximum atomic E-state index is 15.2. The molecule has 3 aromatic carbocycles. The van der Waals surface area contributed by atoms with Gasteiger partial charge >= 0.3 is 0 Å². The fourth-order valence-electron chi connectivity index (χ4n) is 7.35. The van der Waals surface area contributed by atoms with Gasteiger partial charge in [0, 0.05) is 49.5 Å². The smallest absolute Gasteiger partial charge is 0.262 e. The normalized spacial score (nSPS) is 21.4. The van der Waals surface area contributed by atoms with Crippen LogP contribution in [0.3, 0.4) is 0 Å². The number of nitrogens with one attached hydrogen (secondary N) is 2. The van der Waals surface area contributed by atoms with Crippen molar-refractivity contribution in [2.45, 2.75) is 63.1 Å². The molecule has 4 aromatic rings. The molecule has 3 fully saturated rings. The minimum Gasteiger partial charge on any atom is -0.490 e. The number of hydrogen-bond acceptors (Lipinski definition) is 11. The van der Waals surface area contributed by atoms with E-state index in [-0.39, 0.29) is 53.2 Å². The van der Waals surface area contributed by atoms with Crippen molar-refractivity contribution in [2.24, 2.45) is 0 Å². The highest BCUT2D eigenvalue weighted by atomic mass is 19.1. The van der Waals surface area contributed by atoms with Gasteiger partial charge in [-0.3, -0.25) is 29.4 Å². The summed E-state index contributed by atoms with van der Waals surface area (Å²) in [6, 6.07) is 19.7. The Hall–Kier alpha value is -5.89. The van der Waals surface area contributed by atoms with Crippen LogP contribution in [0.15, 0.2) is 73.1 Å². The highest BCUT2D eigenvalue weighted by Crippen LogP contribution is 2.37. The van der Waals surface area contributed by atoms with Gasteiger partial charge in [0.15, 0.2) is 5.82 Å². The number of imide groups is 2. The van der Waals surface area contributed by atoms with Crippen LogP contribution in [0.2, 0.25) is 0 Å². The number of fused-ring (bicyclic) bond motifs is 1. The van der Waals surface area contributed by atoms with E-state index in [2.05, 4.69) is 46.6 Å². The first-order chi connectivity index (χ1) is 26.0. The zero-order valence-corrected chi connectivity index (χ0v) is 29.8. The zero-order valence-electron chi connectivity index (χ0n) is 29.8. The van der Waals surface area contributed by atoms with E-state index in [0.29, 0.717) is 37.7 Å². The number of carbonyl (C=O) groups excluding carboxylic acids is 4. The monoisotopic (exact) mass is 734 g/mol. The van der Waals surface area contributed by atoms with Crippen molar-refractivity contribution in [2.75, 3.05) is 36.5 Å². The average Bonchev–Trinajstić information content (AvgIpc) is 3.40. The van der Waals surface area contributed by atoms with Gasteiger partial charge in [0.25, 0.3) is 17.7 Å². The maximum absolute atomic E-state index is 15.2. The van der Waals surface area contributed by atoms with Crippen LogP contribution in [0.1, 0.15) is 71.4 Å². The molecule has 1 saturated carbocycles. The molecule has 1 unspecified atom stereocenters. The number of rotatable bonds is 10. The number of piperidine rings is 1. The van der Waals surface area contributed by atoms with E-state index in [1.807, 2.05) is 41.3 Å². The Morgan fingerprint density at radius 3 is 2.22 bits per heavy atom. The molecular formula is C40H39FN6O7. The molecule has 0 bridgehead atoms. The molecule has 4 aliphatic rings. The third-order valence-corrected chi connectivity index (χ3v) is 10.6. The second-order valence-electron chi connectivity index (χ2n) is 14.5. The maximum Gasteiger partial charge on any atom is 0.262 e. The number of halogens is 1. The summed E-state index contributed by atoms with van der Waals surface area (Å²) in [6.07, 6.45) is 3.01. The molecule has 4 amide bonds. The molecule has 0 radical (unpaired) electrons. The molecule has 0 spiro atoms. The molecule has 1 aliphatic carbocycles. The van der Waals surface area contributed by atoms with Crippen LogP contribution >= 0.6 is 0 Å². The summed E-state index contributed by atoms with van der Waals surface area (Å²) in [6.45, 7) is 6.39. The first-order valence-corrected chi connectivity index (χ1v) is 18.1. The van der Waals surface area contributed by atoms with Gasteiger partial charge in [-0.1, -0.05) is 38.1 Å². The number of carbonyl (C=O) groups is 4. The van der Waals surface area contributed by atoms with Gasteiger partial charge in [-0.15, -0.1) is 0 Å². The van der Waals surface area contributed by atoms with Gasteiger partial charge in [-0.25, -0.2) is 4.98 Å². The summed E-state index contributed by atoms with van der Waals surface area (Å²) in [5.41, 5.74) is 2.99. The molecule has 278 valence electrons. The van der Waals surface area contributed by atoms with Gasteiger partial charge in [-0.05, 0) is 60.0 Å². The third-order valence-electron chi connectivity index (χ3n) is 10.6. The molecule has 13 nitrogen and oxygen atoms in total. The number of anilines is 2. The predicted octanol–water partition coefficient (Wildman–Crippen LogP) is 4.99. The molecule has 2 N–H and O–H groups in total. The van der Waals surface area contributed by atoms with E-state index < -0.39 is 35.5 Å². The van der Waals surface area contributed by atoms with Crippen molar-refractivity contribution in [3.63, 3.8) is 0 Å². The van der Waals surface area contributed by atoms with E-state index in [9.17, 15) is 19.2 Å². The summed E-state index contributed by atoms with van der Waals surface area (Å²) < 4.78 is 32.7. The van der Waals surface area contributed by atoms with Crippen LogP contribution in [-0.4, -0.2) is 83.0 Å². The van der Waals surface area contributed by atoms with Crippen molar-refractivity contribution in [1.82, 2.24) is 20.2 Å². The molecule has 1 aromatic heterocycles. The summed E-state index contributed by atoms with van der Waals surface area (Å²) >= 11 is 0. The van der Waals surface area contributed by atoms with E-state index >= 15 is 4.39 Å². The lowest BCUT2D eigenvalue weighted by Crippen LogP contribution is -2.54. The Balaban J connectivity index is 0.839. The highest BCUT2D eigenvalue weighted by molar-refractivity contribution is 6.23. The molecule has 2 saturated heterocycles. The Morgan fingerprint density at radius 2 is 1.54 bits per heavy atom. The second-order valence-corrected chi connectivity index (χ2v) is 14.5. The van der Waals surface area contributed by atoms with Crippen molar-refractivity contribution >= 4 is 35.1 Å². The fraction of sp³-hybridized carbons (Fsp3) is 0.350. The quantitative estimate of drug-likeness (QED) is 0.212. The van der Waals surface area contributed by atoms with Crippen LogP contribution in [0.5, 0.6) is 17.4 Å². The van der Waals surface area contributed by atoms with Crippen LogP contribution in [0.4, 0.5) is 15.9 Å². The van der Waals surface area contributed by atoms with Gasteiger partial charge in [0.05, 0.1) is 24.3 Å². The lowest BCUT2D eigenvalue weighted by Gasteiger charge is -2.36. The van der Waals surface area contributed by atoms with E-state index in [0.717, 1.165) is 34.6 Å². The number of amides is 4. The number of hydrogen-bond donors (Lipinski definition) is 2. The number of benzene rings is 3. The lowest BCUT2D eigenvalue weighted by molar-refractivity contribution is -0.136. The third kappa shape index (κ3) is 6.73. The summed E-state index contributed by atoms with van der Waals surface area (Å²) in [5.74, 6) is -1.39. The Kier molecular flexibility index (Phi) is 9.22. The number of ether oxygens (including phenoxy) is 3. The summed E-state index contributed by atoms with van der Waals surface area (Å²) in [7, 11) is 0. The van der Waals surface area contributed by atoms with Crippen molar-refractivity contribution in [1.29, 1.82) is 0 Å². The molecule has 1 atom stereocenters. The zero-order chi connectivity index (χ0) is 37.6. The first-order valence-electron chi connectivity index (χ1n) is 18.1. The van der Waals surface area contributed by atoms with Gasteiger partial charge in [-0.2, -0.15) is 9.37 Å². The standard InChI is InChI=1S/C40H39FN6O7/c1-40(2,24-5-10-28(11-6-24)54-37-34(41)35(42-22-43-37)46-15-17-52-18-16-46)23-3-8-27(9-4-23)53-29-19-26(20-29)44-25-7-12-30-31(21-25)39(51)47(38(30)50)32-13-14-33(48)45-36(32)49/h3-12,21-22,26,29,32,44H,13-20H2,1-2H3,(H,45,48,49)/t26-,29-,32?. The number of nitrogens with zero attached hydrogens (tertiary/aromatic N) is 4. The Bertz CT molecular complexity index is 2110. The SMILES string of the molecule is CC(C)(c1ccc(Oc2ncnc(N3CCOCC3)c2F)cc1)c1ccc(O[C@H]2C[C@H](Nc3ccc4c(c3)C(=O)N(C3CCC(=O)NC3=O)C4=O)C2)cc1. The highest BCUT2D eigenvalue weighted by Gasteiger charge is 2.45. The minimum absolute atomic E-state index is 0.0132. The van der Waals surface area contributed by atoms with Crippen LogP contribution in [0, 0.1) is 5.82 Å². The summed E-state index contributed by atoms with van der Waals surface area (Å²) in [4.78, 5) is 61.0. The van der Waals surface area contributed by atoms with E-state index in [4.69, 9.17) is 14.2 Å². The topological polar surface area (TPSA) is 152 Å². The van der Waals surface area contributed by atoms with E-state index in [1.54, 1.807) is 18.2 Å². The van der Waals surface area contributed by atoms with E-state index in [1.165, 1.54) is 6.33 Å². The lowest BCUT2D eigenvalue weighted by atomic mass is 9.78. The molecule has 3 aliphatic heterocycles. The van der Waals surface area contributed by atoms with Crippen LogP contribution in [0.25, 0.3) is 0 Å². The average molecular weight is 735 g/mol. The fourth-order valence-corrected chi connectivity index (χ4v) is 7.35. The van der Waals surface area contributed by atoms with Gasteiger partial charge in [0.2, 0.25) is 17.6 Å². The van der Waals surface area contributed by atoms with Crippen LogP contribution in [-0.2, 0) is 19.7 Å². The second kappa shape index (κ2) is 14.2. The summed E-state index contributed by atoms with van der Waals surface area (Å²) in [5, 5.41) is 5.64. The molecule has 4 heterocycles. The molecule has 14 heteroatoms. The first kappa shape index (κ1) is 35.2. The Labute approximate surface area is 310 Å². The largest absolute Gasteiger partial charge is 0.490 e. The number of aromatic nitrogens is 2. The van der Waals surface area contributed by atoms with Crippen molar-refractivity contribution < 1.29 is 37.8 Å². The number of morpholine rings is 1. The molecule has 8 rings (SSSR count). The predicted molar refractivity (Wildman–Crippen MR) is 194 cm³/mol. The minimum atomic E-state index is -0.997. The van der Waals surface area contributed by atoms with Crippen LogP contribution < -0.4 is 25.0 Å². The van der Waals surface area contributed by atoms with Gasteiger partial charge < -0.3 is 24.4 Å². The molecular weight excluding hydrogens is 695 g/mol. The van der Waals surface area contributed by atoms with Crippen molar-refractivity contribution in [3.8, 4) is 17.4 Å². The van der Waals surface area contributed by atoms with Gasteiger partial charge in [0.1, 0.15) is 30.0 Å².